The molecule has 0 spiro atoms. The summed E-state index contributed by atoms with van der Waals surface area (Å²) in [5.74, 6) is -6.66. The molecule has 43 heavy (non-hydrogen) atoms. The van der Waals surface area contributed by atoms with E-state index in [2.05, 4.69) is 6.92 Å². The second-order valence-electron chi connectivity index (χ2n) is 11.8. The molecule has 4 N–H and O–H groups in total. The molecule has 0 saturated carbocycles. The van der Waals surface area contributed by atoms with Crippen LogP contribution in [0, 0.1) is 5.92 Å². The molecule has 2 aromatic rings. The third-order valence-corrected chi connectivity index (χ3v) is 8.65. The number of fused-ring (bicyclic) bond motifs is 1. The second kappa shape index (κ2) is 14.6. The van der Waals surface area contributed by atoms with Gasteiger partial charge in [-0.25, -0.2) is 0 Å². The lowest BCUT2D eigenvalue weighted by molar-refractivity contribution is -0.285. The number of rotatable bonds is 16. The van der Waals surface area contributed by atoms with Crippen molar-refractivity contribution in [3.8, 4) is 17.2 Å². The molecular formula is C32H41F5O6. The second-order valence-corrected chi connectivity index (χ2v) is 11.8. The summed E-state index contributed by atoms with van der Waals surface area (Å²) in [6.07, 6.45) is -3.63. The predicted molar refractivity (Wildman–Crippen MR) is 151 cm³/mol. The number of unbranched alkanes of at least 4 members (excludes halogenated alkanes) is 6. The number of halogens is 5. The SMILES string of the molecule is CC1(c2ccc(O)cc2)COc2cc(O)ccc2C1CCCCCCCCCC(C(=O)O)C(O)CCC(F)(F)C(F)(F)F. The lowest BCUT2D eigenvalue weighted by atomic mass is 9.66. The molecule has 3 rings (SSSR count). The minimum absolute atomic E-state index is 0.00263. The number of aliphatic hydroxyl groups excluding tert-OH is 1. The van der Waals surface area contributed by atoms with Crippen LogP contribution in [0.2, 0.25) is 0 Å². The Labute approximate surface area is 248 Å². The van der Waals surface area contributed by atoms with Crippen LogP contribution in [0.1, 0.15) is 94.6 Å². The molecule has 0 aromatic heterocycles. The quantitative estimate of drug-likeness (QED) is 0.112. The summed E-state index contributed by atoms with van der Waals surface area (Å²) < 4.78 is 69.4. The Balaban J connectivity index is 1.43. The van der Waals surface area contributed by atoms with E-state index in [9.17, 15) is 47.2 Å². The molecule has 0 fully saturated rings. The van der Waals surface area contributed by atoms with E-state index in [0.29, 0.717) is 25.2 Å². The highest BCUT2D eigenvalue weighted by Crippen LogP contribution is 2.50. The molecule has 1 aliphatic heterocycles. The lowest BCUT2D eigenvalue weighted by Crippen LogP contribution is -2.40. The van der Waals surface area contributed by atoms with Crippen molar-refractivity contribution < 1.29 is 51.9 Å². The molecular weight excluding hydrogens is 575 g/mol. The number of aliphatic carboxylic acids is 1. The van der Waals surface area contributed by atoms with E-state index in [1.165, 1.54) is 0 Å². The Bertz CT molecular complexity index is 1190. The number of hydrogen-bond acceptors (Lipinski definition) is 5. The summed E-state index contributed by atoms with van der Waals surface area (Å²) in [5, 5.41) is 39.0. The molecule has 0 bridgehead atoms. The average molecular weight is 617 g/mol. The highest BCUT2D eigenvalue weighted by Gasteiger charge is 2.57. The number of carbonyl (C=O) groups is 1. The van der Waals surface area contributed by atoms with E-state index in [4.69, 9.17) is 4.74 Å². The number of carboxylic acids is 1. The number of aromatic hydroxyl groups is 2. The first-order chi connectivity index (χ1) is 20.2. The highest BCUT2D eigenvalue weighted by atomic mass is 19.4. The Hall–Kier alpha value is -3.08. The summed E-state index contributed by atoms with van der Waals surface area (Å²) in [4.78, 5) is 11.5. The zero-order valence-corrected chi connectivity index (χ0v) is 24.3. The van der Waals surface area contributed by atoms with Crippen molar-refractivity contribution in [1.82, 2.24) is 0 Å². The van der Waals surface area contributed by atoms with Gasteiger partial charge in [0.1, 0.15) is 17.2 Å². The van der Waals surface area contributed by atoms with Crippen LogP contribution in [-0.2, 0) is 10.2 Å². The van der Waals surface area contributed by atoms with Gasteiger partial charge in [-0.05, 0) is 48.6 Å². The van der Waals surface area contributed by atoms with Gasteiger partial charge in [0.2, 0.25) is 0 Å². The van der Waals surface area contributed by atoms with Gasteiger partial charge in [-0.15, -0.1) is 0 Å². The molecule has 0 amide bonds. The Morgan fingerprint density at radius 1 is 0.907 bits per heavy atom. The van der Waals surface area contributed by atoms with E-state index < -0.39 is 42.9 Å². The molecule has 0 radical (unpaired) electrons. The normalized spacial score (nSPS) is 20.2. The van der Waals surface area contributed by atoms with Gasteiger partial charge in [-0.1, -0.05) is 70.1 Å². The van der Waals surface area contributed by atoms with Crippen molar-refractivity contribution in [1.29, 1.82) is 0 Å². The molecule has 0 saturated heterocycles. The predicted octanol–water partition coefficient (Wildman–Crippen LogP) is 8.08. The van der Waals surface area contributed by atoms with Gasteiger partial charge < -0.3 is 25.2 Å². The number of phenolic OH excluding ortho intramolecular Hbond substituents is 2. The van der Waals surface area contributed by atoms with Crippen molar-refractivity contribution in [2.24, 2.45) is 5.92 Å². The molecule has 4 atom stereocenters. The van der Waals surface area contributed by atoms with Gasteiger partial charge >= 0.3 is 18.1 Å². The van der Waals surface area contributed by atoms with E-state index in [0.717, 1.165) is 49.7 Å². The first kappa shape index (κ1) is 34.4. The van der Waals surface area contributed by atoms with Crippen LogP contribution >= 0.6 is 0 Å². The standard InChI is InChI=1S/C32H41F5O6/c1-30(21-11-13-22(38)14-12-21)20-43-28-19-23(39)15-16-24(28)26(30)10-8-6-4-2-3-5-7-9-25(29(41)42)27(40)17-18-31(33,34)32(35,36)37/h11-16,19,25-27,38-40H,2-10,17-18,20H2,1H3,(H,41,42). The molecule has 6 nitrogen and oxygen atoms in total. The van der Waals surface area contributed by atoms with Crippen molar-refractivity contribution in [2.75, 3.05) is 6.61 Å². The van der Waals surface area contributed by atoms with Crippen molar-refractivity contribution in [2.45, 2.75) is 107 Å². The van der Waals surface area contributed by atoms with Crippen LogP contribution in [0.15, 0.2) is 42.5 Å². The zero-order chi connectivity index (χ0) is 31.8. The highest BCUT2D eigenvalue weighted by molar-refractivity contribution is 5.70. The smallest absolute Gasteiger partial charge is 0.453 e. The maximum absolute atomic E-state index is 13.1. The van der Waals surface area contributed by atoms with Crippen LogP contribution < -0.4 is 4.74 Å². The minimum Gasteiger partial charge on any atom is -0.508 e. The Morgan fingerprint density at radius 3 is 2.09 bits per heavy atom. The lowest BCUT2D eigenvalue weighted by Gasteiger charge is -2.43. The van der Waals surface area contributed by atoms with Crippen molar-refractivity contribution in [3.63, 3.8) is 0 Å². The fourth-order valence-electron chi connectivity index (χ4n) is 5.96. The van der Waals surface area contributed by atoms with E-state index >= 15 is 0 Å². The maximum Gasteiger partial charge on any atom is 0.453 e. The third kappa shape index (κ3) is 8.97. The summed E-state index contributed by atoms with van der Waals surface area (Å²) in [7, 11) is 0. The van der Waals surface area contributed by atoms with Crippen molar-refractivity contribution >= 4 is 5.97 Å². The molecule has 240 valence electrons. The van der Waals surface area contributed by atoms with Gasteiger partial charge in [0, 0.05) is 23.8 Å². The summed E-state index contributed by atoms with van der Waals surface area (Å²) in [6.45, 7) is 2.57. The van der Waals surface area contributed by atoms with E-state index in [1.807, 2.05) is 18.2 Å². The molecule has 1 aliphatic rings. The van der Waals surface area contributed by atoms with Crippen molar-refractivity contribution in [3.05, 3.63) is 53.6 Å². The van der Waals surface area contributed by atoms with Crippen LogP contribution in [-0.4, -0.2) is 51.2 Å². The van der Waals surface area contributed by atoms with Crippen LogP contribution in [0.5, 0.6) is 17.2 Å². The van der Waals surface area contributed by atoms with Gasteiger partial charge in [-0.3, -0.25) is 4.79 Å². The minimum atomic E-state index is -5.74. The van der Waals surface area contributed by atoms with Gasteiger partial charge in [0.25, 0.3) is 0 Å². The number of ether oxygens (including phenoxy) is 1. The maximum atomic E-state index is 13.1. The fourth-order valence-corrected chi connectivity index (χ4v) is 5.96. The van der Waals surface area contributed by atoms with Crippen LogP contribution in [0.25, 0.3) is 0 Å². The third-order valence-electron chi connectivity index (χ3n) is 8.65. The largest absolute Gasteiger partial charge is 0.508 e. The van der Waals surface area contributed by atoms with Gasteiger partial charge in [0.05, 0.1) is 18.6 Å². The van der Waals surface area contributed by atoms with Crippen LogP contribution in [0.3, 0.4) is 0 Å². The molecule has 2 aromatic carbocycles. The fraction of sp³-hybridized carbons (Fsp3) is 0.594. The first-order valence-corrected chi connectivity index (χ1v) is 14.8. The van der Waals surface area contributed by atoms with Gasteiger partial charge in [0.15, 0.2) is 0 Å². The number of carboxylic acid groups (broad SMARTS) is 1. The molecule has 0 aliphatic carbocycles. The number of aliphatic hydroxyl groups is 1. The first-order valence-electron chi connectivity index (χ1n) is 14.8. The number of phenols is 2. The van der Waals surface area contributed by atoms with E-state index in [1.54, 1.807) is 24.3 Å². The number of benzene rings is 2. The van der Waals surface area contributed by atoms with Crippen LogP contribution in [0.4, 0.5) is 22.0 Å². The summed E-state index contributed by atoms with van der Waals surface area (Å²) in [6, 6.07) is 12.3. The zero-order valence-electron chi connectivity index (χ0n) is 24.3. The molecule has 1 heterocycles. The Morgan fingerprint density at radius 2 is 1.49 bits per heavy atom. The number of hydrogen-bond donors (Lipinski definition) is 4. The summed E-state index contributed by atoms with van der Waals surface area (Å²) in [5.41, 5.74) is 1.73. The monoisotopic (exact) mass is 616 g/mol. The average Bonchev–Trinajstić information content (AvgIpc) is 2.93. The Kier molecular flexibility index (Phi) is 11.7. The van der Waals surface area contributed by atoms with E-state index in [-0.39, 0.29) is 29.3 Å². The number of alkyl halides is 5. The topological polar surface area (TPSA) is 107 Å². The molecule has 11 heteroatoms. The summed E-state index contributed by atoms with van der Waals surface area (Å²) >= 11 is 0. The van der Waals surface area contributed by atoms with Gasteiger partial charge in [-0.2, -0.15) is 22.0 Å². The molecule has 4 unspecified atom stereocenters.